The van der Waals surface area contributed by atoms with E-state index < -0.39 is 7.82 Å². The maximum Gasteiger partial charge on any atom is 0.466 e. The summed E-state index contributed by atoms with van der Waals surface area (Å²) in [5, 5.41) is 8.29. The Labute approximate surface area is 74.7 Å². The van der Waals surface area contributed by atoms with Crippen molar-refractivity contribution in [2.75, 3.05) is 5.48 Å². The van der Waals surface area contributed by atoms with Crippen molar-refractivity contribution >= 4 is 13.5 Å². The van der Waals surface area contributed by atoms with Crippen LogP contribution in [0.5, 0.6) is 0 Å². The molecule has 0 atom stereocenters. The van der Waals surface area contributed by atoms with Crippen LogP contribution in [-0.2, 0) is 4.57 Å². The van der Waals surface area contributed by atoms with Crippen molar-refractivity contribution in [2.24, 2.45) is 0 Å². The molecule has 1 rings (SSSR count). The summed E-state index contributed by atoms with van der Waals surface area (Å²) in [4.78, 5) is 21.6. The molecule has 0 aliphatic heterocycles. The Morgan fingerprint density at radius 2 is 1.46 bits per heavy atom. The Bertz CT molecular complexity index is 263. The fourth-order valence-electron chi connectivity index (χ4n) is 0.513. The molecular formula is C6H10NO5P. The van der Waals surface area contributed by atoms with Crippen LogP contribution in [0.15, 0.2) is 30.3 Å². The molecule has 0 unspecified atom stereocenters. The lowest BCUT2D eigenvalue weighted by Gasteiger charge is -1.92. The molecule has 7 heteroatoms. The van der Waals surface area contributed by atoms with Crippen molar-refractivity contribution < 1.29 is 24.5 Å². The molecule has 0 aliphatic carbocycles. The van der Waals surface area contributed by atoms with Crippen LogP contribution < -0.4 is 5.48 Å². The summed E-state index contributed by atoms with van der Waals surface area (Å²) >= 11 is 0. The van der Waals surface area contributed by atoms with Crippen LogP contribution in [0.2, 0.25) is 0 Å². The molecule has 0 heterocycles. The van der Waals surface area contributed by atoms with E-state index in [0.717, 1.165) is 0 Å². The molecule has 0 bridgehead atoms. The lowest BCUT2D eigenvalue weighted by atomic mass is 10.3. The van der Waals surface area contributed by atoms with Crippen LogP contribution in [-0.4, -0.2) is 19.9 Å². The summed E-state index contributed by atoms with van der Waals surface area (Å²) in [6, 6.07) is 9.14. The van der Waals surface area contributed by atoms with Gasteiger partial charge in [0.25, 0.3) is 0 Å². The quantitative estimate of drug-likeness (QED) is 0.340. The Morgan fingerprint density at radius 1 is 1.08 bits per heavy atom. The molecule has 1 aromatic carbocycles. The Balaban J connectivity index is 0.000000252. The Morgan fingerprint density at radius 3 is 1.69 bits per heavy atom. The van der Waals surface area contributed by atoms with Crippen molar-refractivity contribution in [1.29, 1.82) is 0 Å². The fraction of sp³-hybridized carbons (Fsp3) is 0. The topological polar surface area (TPSA) is 110 Å². The molecular weight excluding hydrogens is 197 g/mol. The van der Waals surface area contributed by atoms with Gasteiger partial charge < -0.3 is 14.7 Å². The largest absolute Gasteiger partial charge is 0.466 e. The number of hydrogen-bond donors (Lipinski definition) is 5. The third-order valence-electron chi connectivity index (χ3n) is 0.903. The van der Waals surface area contributed by atoms with E-state index in [1.807, 2.05) is 23.7 Å². The second-order valence-electron chi connectivity index (χ2n) is 1.99. The third kappa shape index (κ3) is 11.1. The van der Waals surface area contributed by atoms with Crippen molar-refractivity contribution in [3.05, 3.63) is 30.3 Å². The first kappa shape index (κ1) is 12.1. The number of para-hydroxylation sites is 1. The molecule has 1 aromatic rings. The summed E-state index contributed by atoms with van der Waals surface area (Å²) in [5.74, 6) is 0. The first-order chi connectivity index (χ1) is 5.93. The predicted molar refractivity (Wildman–Crippen MR) is 46.1 cm³/mol. The van der Waals surface area contributed by atoms with E-state index in [1.165, 1.54) is 0 Å². The molecule has 0 radical (unpaired) electrons. The second-order valence-corrected chi connectivity index (χ2v) is 3.02. The third-order valence-corrected chi connectivity index (χ3v) is 0.903. The number of hydrogen-bond acceptors (Lipinski definition) is 3. The zero-order chi connectivity index (χ0) is 10.3. The van der Waals surface area contributed by atoms with Gasteiger partial charge in [0.1, 0.15) is 0 Å². The first-order valence-corrected chi connectivity index (χ1v) is 4.73. The van der Waals surface area contributed by atoms with Gasteiger partial charge in [0.2, 0.25) is 0 Å². The van der Waals surface area contributed by atoms with Crippen LogP contribution in [0.25, 0.3) is 0 Å². The SMILES string of the molecule is O=P(O)(O)O.ONc1ccccc1. The van der Waals surface area contributed by atoms with Gasteiger partial charge in [0, 0.05) is 0 Å². The summed E-state index contributed by atoms with van der Waals surface area (Å²) in [5.41, 5.74) is 2.74. The highest BCUT2D eigenvalue weighted by atomic mass is 31.2. The predicted octanol–water partition coefficient (Wildman–Crippen LogP) is 0.559. The first-order valence-electron chi connectivity index (χ1n) is 3.17. The molecule has 0 aromatic heterocycles. The molecule has 5 N–H and O–H groups in total. The summed E-state index contributed by atoms with van der Waals surface area (Å²) in [6.07, 6.45) is 0. The lowest BCUT2D eigenvalue weighted by molar-refractivity contribution is 0.275. The van der Waals surface area contributed by atoms with Crippen molar-refractivity contribution in [2.45, 2.75) is 0 Å². The van der Waals surface area contributed by atoms with Gasteiger partial charge in [-0.15, -0.1) is 0 Å². The van der Waals surface area contributed by atoms with Crippen LogP contribution in [0.4, 0.5) is 5.69 Å². The summed E-state index contributed by atoms with van der Waals surface area (Å²) < 4.78 is 8.88. The maximum atomic E-state index is 8.88. The Hall–Kier alpha value is -0.910. The van der Waals surface area contributed by atoms with E-state index in [1.54, 1.807) is 12.1 Å². The number of nitrogens with one attached hydrogen (secondary N) is 1. The average Bonchev–Trinajstić information content (AvgIpc) is 2.03. The minimum Gasteiger partial charge on any atom is -0.303 e. The summed E-state index contributed by atoms with van der Waals surface area (Å²) in [7, 11) is -4.64. The zero-order valence-corrected chi connectivity index (χ0v) is 7.43. The van der Waals surface area contributed by atoms with Crippen molar-refractivity contribution in [3.63, 3.8) is 0 Å². The summed E-state index contributed by atoms with van der Waals surface area (Å²) in [6.45, 7) is 0. The lowest BCUT2D eigenvalue weighted by Crippen LogP contribution is -1.85. The van der Waals surface area contributed by atoms with E-state index in [-0.39, 0.29) is 0 Å². The minimum absolute atomic E-state index is 0.715. The standard InChI is InChI=1S/C6H7NO.H3O4P/c8-7-6-4-2-1-3-5-6;1-5(2,3)4/h1-5,7-8H;(H3,1,2,3,4). The average molecular weight is 207 g/mol. The highest BCUT2D eigenvalue weighted by Crippen LogP contribution is 2.25. The van der Waals surface area contributed by atoms with Crippen LogP contribution in [0.3, 0.4) is 0 Å². The van der Waals surface area contributed by atoms with Gasteiger partial charge in [-0.3, -0.25) is 10.7 Å². The number of phosphoric acid groups is 1. The highest BCUT2D eigenvalue weighted by molar-refractivity contribution is 7.45. The zero-order valence-electron chi connectivity index (χ0n) is 6.53. The van der Waals surface area contributed by atoms with Crippen molar-refractivity contribution in [1.82, 2.24) is 0 Å². The number of rotatable bonds is 1. The van der Waals surface area contributed by atoms with Gasteiger partial charge in [0.05, 0.1) is 5.69 Å². The van der Waals surface area contributed by atoms with E-state index in [9.17, 15) is 0 Å². The Kier molecular flexibility index (Phi) is 5.29. The molecule has 0 amide bonds. The van der Waals surface area contributed by atoms with Gasteiger partial charge in [-0.1, -0.05) is 18.2 Å². The molecule has 0 fully saturated rings. The number of benzene rings is 1. The van der Waals surface area contributed by atoms with Gasteiger partial charge in [-0.05, 0) is 12.1 Å². The van der Waals surface area contributed by atoms with Gasteiger partial charge in [-0.2, -0.15) is 0 Å². The molecule has 0 spiro atoms. The smallest absolute Gasteiger partial charge is 0.303 e. The fourth-order valence-corrected chi connectivity index (χ4v) is 0.513. The van der Waals surface area contributed by atoms with Gasteiger partial charge >= 0.3 is 7.82 Å². The van der Waals surface area contributed by atoms with E-state index in [4.69, 9.17) is 24.5 Å². The maximum absolute atomic E-state index is 8.88. The van der Waals surface area contributed by atoms with E-state index >= 15 is 0 Å². The molecule has 6 nitrogen and oxygen atoms in total. The van der Waals surface area contributed by atoms with E-state index in [2.05, 4.69) is 0 Å². The van der Waals surface area contributed by atoms with E-state index in [0.29, 0.717) is 5.69 Å². The highest BCUT2D eigenvalue weighted by Gasteiger charge is 2.00. The normalized spacial score (nSPS) is 9.85. The van der Waals surface area contributed by atoms with Crippen LogP contribution >= 0.6 is 7.82 Å². The number of anilines is 1. The second kappa shape index (κ2) is 5.69. The van der Waals surface area contributed by atoms with Gasteiger partial charge in [-0.25, -0.2) is 4.57 Å². The van der Waals surface area contributed by atoms with Crippen LogP contribution in [0, 0.1) is 0 Å². The van der Waals surface area contributed by atoms with Crippen molar-refractivity contribution in [3.8, 4) is 0 Å². The molecule has 74 valence electrons. The molecule has 13 heavy (non-hydrogen) atoms. The van der Waals surface area contributed by atoms with Gasteiger partial charge in [0.15, 0.2) is 0 Å². The van der Waals surface area contributed by atoms with Crippen LogP contribution in [0.1, 0.15) is 0 Å². The minimum atomic E-state index is -4.64. The molecule has 0 aliphatic rings. The molecule has 0 saturated carbocycles. The molecule has 0 saturated heterocycles. The monoisotopic (exact) mass is 207 g/mol.